The van der Waals surface area contributed by atoms with Crippen LogP contribution < -0.4 is 0 Å². The Morgan fingerprint density at radius 2 is 2.26 bits per heavy atom. The van der Waals surface area contributed by atoms with Crippen LogP contribution in [0, 0.1) is 0 Å². The van der Waals surface area contributed by atoms with Crippen molar-refractivity contribution in [2.75, 3.05) is 13.2 Å². The first-order valence-electron chi connectivity index (χ1n) is 7.11. The van der Waals surface area contributed by atoms with Crippen molar-refractivity contribution in [3.63, 3.8) is 0 Å². The van der Waals surface area contributed by atoms with Crippen LogP contribution in [0.2, 0.25) is 0 Å². The third-order valence-electron chi connectivity index (χ3n) is 3.82. The molecule has 1 N–H and O–H groups in total. The molecule has 1 aliphatic rings. The molecule has 1 aliphatic heterocycles. The molecular formula is C14H23N3O2. The molecule has 0 aliphatic carbocycles. The number of aryl methyl sites for hydroxylation is 2. The molecule has 1 aromatic heterocycles. The van der Waals surface area contributed by atoms with Gasteiger partial charge in [0, 0.05) is 19.8 Å². The minimum Gasteiger partial charge on any atom is -0.394 e. The first-order valence-corrected chi connectivity index (χ1v) is 7.11. The summed E-state index contributed by atoms with van der Waals surface area (Å²) in [6, 6.07) is -0.0417. The van der Waals surface area contributed by atoms with Crippen LogP contribution in [-0.2, 0) is 13.5 Å². The second kappa shape index (κ2) is 6.19. The van der Waals surface area contributed by atoms with Gasteiger partial charge in [-0.15, -0.1) is 0 Å². The van der Waals surface area contributed by atoms with E-state index in [9.17, 15) is 9.90 Å². The van der Waals surface area contributed by atoms with Crippen molar-refractivity contribution in [1.29, 1.82) is 0 Å². The van der Waals surface area contributed by atoms with Gasteiger partial charge in [-0.2, -0.15) is 5.10 Å². The summed E-state index contributed by atoms with van der Waals surface area (Å²) in [6.45, 7) is 2.79. The second-order valence-corrected chi connectivity index (χ2v) is 5.20. The van der Waals surface area contributed by atoms with Gasteiger partial charge in [-0.05, 0) is 19.3 Å². The first-order chi connectivity index (χ1) is 9.17. The highest BCUT2D eigenvalue weighted by molar-refractivity contribution is 5.95. The van der Waals surface area contributed by atoms with Gasteiger partial charge in [0.25, 0.3) is 5.91 Å². The molecule has 19 heavy (non-hydrogen) atoms. The lowest BCUT2D eigenvalue weighted by Crippen LogP contribution is -2.42. The molecule has 1 atom stereocenters. The average molecular weight is 265 g/mol. The molecule has 0 bridgehead atoms. The molecule has 1 unspecified atom stereocenters. The maximum Gasteiger partial charge on any atom is 0.257 e. The predicted molar refractivity (Wildman–Crippen MR) is 73.0 cm³/mol. The molecule has 1 fully saturated rings. The van der Waals surface area contributed by atoms with Crippen LogP contribution in [-0.4, -0.2) is 44.9 Å². The highest BCUT2D eigenvalue weighted by atomic mass is 16.3. The van der Waals surface area contributed by atoms with Crippen LogP contribution in [0.25, 0.3) is 0 Å². The topological polar surface area (TPSA) is 58.4 Å². The van der Waals surface area contributed by atoms with Gasteiger partial charge < -0.3 is 10.0 Å². The SMILES string of the molecule is CCc1nn(C)cc1C(=O)N1CCCCCC1CO. The molecule has 1 amide bonds. The van der Waals surface area contributed by atoms with Gasteiger partial charge in [0.05, 0.1) is 23.9 Å². The van der Waals surface area contributed by atoms with E-state index < -0.39 is 0 Å². The van der Waals surface area contributed by atoms with E-state index in [1.54, 1.807) is 10.9 Å². The van der Waals surface area contributed by atoms with Gasteiger partial charge in [0.2, 0.25) is 0 Å². The number of carbonyl (C=O) groups is 1. The number of likely N-dealkylation sites (tertiary alicyclic amines) is 1. The molecule has 0 radical (unpaired) electrons. The second-order valence-electron chi connectivity index (χ2n) is 5.20. The number of carbonyl (C=O) groups excluding carboxylic acids is 1. The van der Waals surface area contributed by atoms with E-state index in [4.69, 9.17) is 0 Å². The zero-order chi connectivity index (χ0) is 13.8. The van der Waals surface area contributed by atoms with Gasteiger partial charge in [-0.25, -0.2) is 0 Å². The molecule has 0 spiro atoms. The van der Waals surface area contributed by atoms with Crippen molar-refractivity contribution in [2.24, 2.45) is 7.05 Å². The average Bonchev–Trinajstić information content (AvgIpc) is 2.64. The van der Waals surface area contributed by atoms with Crippen molar-refractivity contribution in [2.45, 2.75) is 45.1 Å². The van der Waals surface area contributed by atoms with E-state index in [2.05, 4.69) is 5.10 Å². The highest BCUT2D eigenvalue weighted by Gasteiger charge is 2.28. The standard InChI is InChI=1S/C14H23N3O2/c1-3-13-12(9-16(2)15-13)14(19)17-8-6-4-5-7-11(17)10-18/h9,11,18H,3-8,10H2,1-2H3. The molecule has 1 saturated heterocycles. The molecule has 2 heterocycles. The van der Waals surface area contributed by atoms with Crippen molar-refractivity contribution >= 4 is 5.91 Å². The van der Waals surface area contributed by atoms with E-state index in [0.29, 0.717) is 5.56 Å². The molecule has 0 aromatic carbocycles. The summed E-state index contributed by atoms with van der Waals surface area (Å²) in [4.78, 5) is 14.5. The lowest BCUT2D eigenvalue weighted by Gasteiger charge is -2.28. The third-order valence-corrected chi connectivity index (χ3v) is 3.82. The summed E-state index contributed by atoms with van der Waals surface area (Å²) in [6.07, 6.45) is 6.67. The Balaban J connectivity index is 2.24. The summed E-state index contributed by atoms with van der Waals surface area (Å²) in [7, 11) is 1.84. The van der Waals surface area contributed by atoms with E-state index in [0.717, 1.165) is 44.3 Å². The maximum atomic E-state index is 12.7. The predicted octanol–water partition coefficient (Wildman–Crippen LogP) is 1.36. The van der Waals surface area contributed by atoms with Crippen LogP contribution in [0.5, 0.6) is 0 Å². The number of amides is 1. The number of rotatable bonds is 3. The summed E-state index contributed by atoms with van der Waals surface area (Å²) < 4.78 is 1.69. The summed E-state index contributed by atoms with van der Waals surface area (Å²) in [5, 5.41) is 13.8. The number of aliphatic hydroxyl groups is 1. The Hall–Kier alpha value is -1.36. The fourth-order valence-electron chi connectivity index (χ4n) is 2.76. The van der Waals surface area contributed by atoms with Crippen molar-refractivity contribution in [1.82, 2.24) is 14.7 Å². The molecule has 0 saturated carbocycles. The summed E-state index contributed by atoms with van der Waals surface area (Å²) >= 11 is 0. The molecule has 106 valence electrons. The van der Waals surface area contributed by atoms with Crippen molar-refractivity contribution in [3.8, 4) is 0 Å². The van der Waals surface area contributed by atoms with Gasteiger partial charge >= 0.3 is 0 Å². The first kappa shape index (κ1) is 14.1. The van der Waals surface area contributed by atoms with E-state index in [1.807, 2.05) is 18.9 Å². The molecule has 5 nitrogen and oxygen atoms in total. The van der Waals surface area contributed by atoms with Gasteiger partial charge in [-0.3, -0.25) is 9.48 Å². The zero-order valence-electron chi connectivity index (χ0n) is 11.8. The highest BCUT2D eigenvalue weighted by Crippen LogP contribution is 2.20. The lowest BCUT2D eigenvalue weighted by atomic mass is 10.1. The van der Waals surface area contributed by atoms with Crippen LogP contribution >= 0.6 is 0 Å². The number of aromatic nitrogens is 2. The van der Waals surface area contributed by atoms with Crippen LogP contribution in [0.4, 0.5) is 0 Å². The number of nitrogens with zero attached hydrogens (tertiary/aromatic N) is 3. The smallest absolute Gasteiger partial charge is 0.257 e. The Labute approximate surface area is 114 Å². The quantitative estimate of drug-likeness (QED) is 0.897. The Morgan fingerprint density at radius 1 is 1.47 bits per heavy atom. The van der Waals surface area contributed by atoms with Gasteiger partial charge in [0.1, 0.15) is 0 Å². The van der Waals surface area contributed by atoms with Crippen LogP contribution in [0.15, 0.2) is 6.20 Å². The minimum atomic E-state index is -0.0417. The monoisotopic (exact) mass is 265 g/mol. The van der Waals surface area contributed by atoms with Crippen LogP contribution in [0.1, 0.15) is 48.7 Å². The van der Waals surface area contributed by atoms with E-state index in [-0.39, 0.29) is 18.6 Å². The fraction of sp³-hybridized carbons (Fsp3) is 0.714. The van der Waals surface area contributed by atoms with Crippen molar-refractivity contribution < 1.29 is 9.90 Å². The third kappa shape index (κ3) is 2.97. The summed E-state index contributed by atoms with van der Waals surface area (Å²) in [5.41, 5.74) is 1.53. The lowest BCUT2D eigenvalue weighted by molar-refractivity contribution is 0.0598. The Bertz CT molecular complexity index is 442. The number of hydrogen-bond acceptors (Lipinski definition) is 3. The maximum absolute atomic E-state index is 12.7. The van der Waals surface area contributed by atoms with Crippen molar-refractivity contribution in [3.05, 3.63) is 17.5 Å². The van der Waals surface area contributed by atoms with Gasteiger partial charge in [-0.1, -0.05) is 19.8 Å². The Morgan fingerprint density at radius 3 is 2.95 bits per heavy atom. The Kier molecular flexibility index (Phi) is 4.58. The fourth-order valence-corrected chi connectivity index (χ4v) is 2.76. The largest absolute Gasteiger partial charge is 0.394 e. The molecule has 5 heteroatoms. The molecule has 1 aromatic rings. The van der Waals surface area contributed by atoms with E-state index >= 15 is 0 Å². The number of aliphatic hydroxyl groups excluding tert-OH is 1. The minimum absolute atomic E-state index is 0.0194. The molecular weight excluding hydrogens is 242 g/mol. The van der Waals surface area contributed by atoms with Gasteiger partial charge in [0.15, 0.2) is 0 Å². The van der Waals surface area contributed by atoms with Crippen LogP contribution in [0.3, 0.4) is 0 Å². The normalized spacial score (nSPS) is 20.4. The summed E-state index contributed by atoms with van der Waals surface area (Å²) in [5.74, 6) is 0.0194. The number of hydrogen-bond donors (Lipinski definition) is 1. The molecule has 2 rings (SSSR count). The zero-order valence-corrected chi connectivity index (χ0v) is 11.8. The van der Waals surface area contributed by atoms with E-state index in [1.165, 1.54) is 0 Å².